The number of benzene rings is 1. The number of carbonyl (C=O) groups excluding carboxylic acids is 1. The number of nitrogens with zero attached hydrogens (tertiary/aromatic N) is 4. The Morgan fingerprint density at radius 1 is 1.16 bits per heavy atom. The summed E-state index contributed by atoms with van der Waals surface area (Å²) in [6, 6.07) is 7.93. The van der Waals surface area contributed by atoms with Gasteiger partial charge in [0.05, 0.1) is 27.8 Å². The van der Waals surface area contributed by atoms with Crippen LogP contribution in [0.25, 0.3) is 11.0 Å². The van der Waals surface area contributed by atoms with Crippen LogP contribution in [0.5, 0.6) is 0 Å². The summed E-state index contributed by atoms with van der Waals surface area (Å²) >= 11 is 0. The van der Waals surface area contributed by atoms with E-state index >= 15 is 0 Å². The van der Waals surface area contributed by atoms with E-state index in [-0.39, 0.29) is 23.2 Å². The molecule has 0 radical (unpaired) electrons. The molecule has 1 aliphatic heterocycles. The van der Waals surface area contributed by atoms with Gasteiger partial charge in [-0.2, -0.15) is 4.31 Å². The molecule has 2 aromatic heterocycles. The second kappa shape index (κ2) is 8.27. The van der Waals surface area contributed by atoms with Crippen molar-refractivity contribution in [1.29, 1.82) is 0 Å². The molecule has 0 aliphatic carbocycles. The third-order valence-electron chi connectivity index (χ3n) is 5.40. The van der Waals surface area contributed by atoms with Crippen LogP contribution in [0.4, 0.5) is 5.69 Å². The number of fused-ring (bicyclic) bond motifs is 1. The molecule has 164 valence electrons. The lowest BCUT2D eigenvalue weighted by Crippen LogP contribution is -2.30. The highest BCUT2D eigenvalue weighted by molar-refractivity contribution is 7.89. The molecule has 1 aliphatic rings. The van der Waals surface area contributed by atoms with E-state index in [9.17, 15) is 18.0 Å². The third kappa shape index (κ3) is 4.00. The molecule has 1 saturated heterocycles. The average Bonchev–Trinajstić information content (AvgIpc) is 3.36. The minimum atomic E-state index is -3.65. The quantitative estimate of drug-likeness (QED) is 0.629. The lowest BCUT2D eigenvalue weighted by atomic mass is 10.3. The number of aromatic nitrogens is 3. The number of amides is 1. The summed E-state index contributed by atoms with van der Waals surface area (Å²) in [7, 11) is -3.65. The van der Waals surface area contributed by atoms with Crippen LogP contribution in [-0.2, 0) is 21.4 Å². The molecule has 10 heteroatoms. The lowest BCUT2D eigenvalue weighted by Gasteiger charge is -2.16. The van der Waals surface area contributed by atoms with Gasteiger partial charge in [-0.25, -0.2) is 13.2 Å². The summed E-state index contributed by atoms with van der Waals surface area (Å²) in [6.45, 7) is 4.49. The van der Waals surface area contributed by atoms with Gasteiger partial charge < -0.3 is 5.32 Å². The minimum Gasteiger partial charge on any atom is -0.323 e. The summed E-state index contributed by atoms with van der Waals surface area (Å²) in [5.74, 6) is -0.397. The van der Waals surface area contributed by atoms with E-state index < -0.39 is 15.9 Å². The highest BCUT2D eigenvalue weighted by Crippen LogP contribution is 2.25. The molecule has 0 saturated carbocycles. The van der Waals surface area contributed by atoms with Crippen LogP contribution in [0.1, 0.15) is 32.7 Å². The predicted octanol–water partition coefficient (Wildman–Crippen LogP) is 2.20. The maximum Gasteiger partial charge on any atom is 0.329 e. The first-order chi connectivity index (χ1) is 14.8. The molecule has 4 rings (SSSR count). The van der Waals surface area contributed by atoms with Crippen LogP contribution in [0, 0.1) is 0 Å². The first kappa shape index (κ1) is 21.3. The Morgan fingerprint density at radius 3 is 2.55 bits per heavy atom. The Kier molecular flexibility index (Phi) is 5.67. The zero-order valence-electron chi connectivity index (χ0n) is 17.5. The van der Waals surface area contributed by atoms with Crippen molar-refractivity contribution in [3.8, 4) is 0 Å². The summed E-state index contributed by atoms with van der Waals surface area (Å²) in [4.78, 5) is 29.8. The van der Waals surface area contributed by atoms with Gasteiger partial charge >= 0.3 is 5.69 Å². The standard InChI is InChI=1S/C21H25N5O4S/c1-15(2)26-18-8-7-17(31(29,30)24-10-3-4-11-24)12-19(18)25(21(26)28)14-20(27)23-16-6-5-9-22-13-16/h5-9,12-13,15H,3-4,10-11,14H2,1-2H3,(H,23,27). The number of anilines is 1. The van der Waals surface area contributed by atoms with Crippen molar-refractivity contribution in [3.63, 3.8) is 0 Å². The van der Waals surface area contributed by atoms with Gasteiger partial charge in [0.2, 0.25) is 15.9 Å². The Bertz CT molecular complexity index is 1270. The van der Waals surface area contributed by atoms with Gasteiger partial charge in [-0.05, 0) is 57.0 Å². The summed E-state index contributed by atoms with van der Waals surface area (Å²) < 4.78 is 30.4. The van der Waals surface area contributed by atoms with Crippen LogP contribution >= 0.6 is 0 Å². The minimum absolute atomic E-state index is 0.129. The zero-order chi connectivity index (χ0) is 22.2. The molecule has 1 N–H and O–H groups in total. The Morgan fingerprint density at radius 2 is 1.90 bits per heavy atom. The van der Waals surface area contributed by atoms with Crippen molar-refractivity contribution in [3.05, 3.63) is 53.2 Å². The number of nitrogens with one attached hydrogen (secondary N) is 1. The second-order valence-electron chi connectivity index (χ2n) is 7.88. The van der Waals surface area contributed by atoms with Gasteiger partial charge in [-0.1, -0.05) is 0 Å². The van der Waals surface area contributed by atoms with Crippen LogP contribution in [0.3, 0.4) is 0 Å². The molecule has 0 spiro atoms. The topological polar surface area (TPSA) is 106 Å². The molecule has 31 heavy (non-hydrogen) atoms. The Labute approximate surface area is 180 Å². The van der Waals surface area contributed by atoms with Crippen LogP contribution in [-0.4, -0.2) is 45.8 Å². The van der Waals surface area contributed by atoms with E-state index in [4.69, 9.17) is 0 Å². The number of rotatable bonds is 6. The monoisotopic (exact) mass is 443 g/mol. The van der Waals surface area contributed by atoms with Crippen molar-refractivity contribution < 1.29 is 13.2 Å². The number of sulfonamides is 1. The third-order valence-corrected chi connectivity index (χ3v) is 7.30. The summed E-state index contributed by atoms with van der Waals surface area (Å²) in [5, 5.41) is 2.71. The first-order valence-electron chi connectivity index (χ1n) is 10.2. The fourth-order valence-corrected chi connectivity index (χ4v) is 5.47. The number of hydrogen-bond donors (Lipinski definition) is 1. The maximum atomic E-state index is 13.1. The molecule has 3 aromatic rings. The van der Waals surface area contributed by atoms with E-state index in [0.717, 1.165) is 12.8 Å². The lowest BCUT2D eigenvalue weighted by molar-refractivity contribution is -0.116. The van der Waals surface area contributed by atoms with E-state index in [1.54, 1.807) is 29.0 Å². The van der Waals surface area contributed by atoms with Crippen molar-refractivity contribution in [2.75, 3.05) is 18.4 Å². The van der Waals surface area contributed by atoms with E-state index in [0.29, 0.717) is 29.8 Å². The molecule has 1 aromatic carbocycles. The van der Waals surface area contributed by atoms with Gasteiger partial charge in [-0.3, -0.25) is 18.9 Å². The average molecular weight is 444 g/mol. The molecule has 0 bridgehead atoms. The fourth-order valence-electron chi connectivity index (χ4n) is 3.93. The molecular formula is C21H25N5O4S. The second-order valence-corrected chi connectivity index (χ2v) is 9.82. The normalized spacial score (nSPS) is 15.1. The molecule has 1 amide bonds. The van der Waals surface area contributed by atoms with Crippen LogP contribution < -0.4 is 11.0 Å². The maximum absolute atomic E-state index is 13.1. The summed E-state index contributed by atoms with van der Waals surface area (Å²) in [6.07, 6.45) is 4.78. The number of carbonyl (C=O) groups is 1. The molecule has 3 heterocycles. The molecular weight excluding hydrogens is 418 g/mol. The van der Waals surface area contributed by atoms with Gasteiger partial charge in [0.25, 0.3) is 0 Å². The zero-order valence-corrected chi connectivity index (χ0v) is 18.3. The number of imidazole rings is 1. The van der Waals surface area contributed by atoms with Gasteiger partial charge in [0, 0.05) is 25.3 Å². The molecule has 9 nitrogen and oxygen atoms in total. The van der Waals surface area contributed by atoms with Gasteiger partial charge in [0.15, 0.2) is 0 Å². The number of pyridine rings is 1. The first-order valence-corrected chi connectivity index (χ1v) is 11.7. The highest BCUT2D eigenvalue weighted by atomic mass is 32.2. The highest BCUT2D eigenvalue weighted by Gasteiger charge is 2.28. The van der Waals surface area contributed by atoms with Crippen LogP contribution in [0.2, 0.25) is 0 Å². The van der Waals surface area contributed by atoms with Gasteiger partial charge in [0.1, 0.15) is 6.54 Å². The van der Waals surface area contributed by atoms with Gasteiger partial charge in [-0.15, -0.1) is 0 Å². The van der Waals surface area contributed by atoms with E-state index in [2.05, 4.69) is 10.3 Å². The SMILES string of the molecule is CC(C)n1c(=O)n(CC(=O)Nc2cccnc2)c2cc(S(=O)(=O)N3CCCC3)ccc21. The number of hydrogen-bond acceptors (Lipinski definition) is 5. The Balaban J connectivity index is 1.77. The van der Waals surface area contributed by atoms with E-state index in [1.165, 1.54) is 27.2 Å². The summed E-state index contributed by atoms with van der Waals surface area (Å²) in [5.41, 5.74) is 1.17. The smallest absolute Gasteiger partial charge is 0.323 e. The predicted molar refractivity (Wildman–Crippen MR) is 117 cm³/mol. The van der Waals surface area contributed by atoms with Crippen molar-refractivity contribution >= 4 is 32.7 Å². The largest absolute Gasteiger partial charge is 0.329 e. The fraction of sp³-hybridized carbons (Fsp3) is 0.381. The van der Waals surface area contributed by atoms with Crippen molar-refractivity contribution in [2.24, 2.45) is 0 Å². The van der Waals surface area contributed by atoms with Crippen molar-refractivity contribution in [1.82, 2.24) is 18.4 Å². The molecule has 0 unspecified atom stereocenters. The van der Waals surface area contributed by atoms with Crippen molar-refractivity contribution in [2.45, 2.75) is 44.2 Å². The Hall–Kier alpha value is -2.98. The van der Waals surface area contributed by atoms with Crippen LogP contribution in [0.15, 0.2) is 52.4 Å². The molecule has 1 fully saturated rings. The molecule has 0 atom stereocenters. The van der Waals surface area contributed by atoms with E-state index in [1.807, 2.05) is 13.8 Å².